The Labute approximate surface area is 130 Å². The van der Waals surface area contributed by atoms with E-state index in [0.29, 0.717) is 29.2 Å². The van der Waals surface area contributed by atoms with E-state index in [1.165, 1.54) is 23.3 Å². The molecule has 118 valence electrons. The number of hydrogen-bond acceptors (Lipinski definition) is 7. The molecule has 1 unspecified atom stereocenters. The summed E-state index contributed by atoms with van der Waals surface area (Å²) >= 11 is 0. The fourth-order valence-corrected chi connectivity index (χ4v) is 2.03. The van der Waals surface area contributed by atoms with Gasteiger partial charge in [0.1, 0.15) is 12.1 Å². The minimum atomic E-state index is -1.04. The summed E-state index contributed by atoms with van der Waals surface area (Å²) in [5, 5.41) is 26.2. The summed E-state index contributed by atoms with van der Waals surface area (Å²) in [6, 6.07) is 3.01. The molecule has 9 nitrogen and oxygen atoms in total. The smallest absolute Gasteiger partial charge is 0.337 e. The Hall–Kier alpha value is -3.07. The number of nitrogens with zero attached hydrogens (tertiary/aromatic N) is 5. The minimum absolute atomic E-state index is 0.0964. The van der Waals surface area contributed by atoms with Crippen LogP contribution in [-0.4, -0.2) is 53.6 Å². The molecule has 0 aliphatic rings. The number of anilines is 1. The first-order valence-electron chi connectivity index (χ1n) is 6.86. The molecule has 0 aliphatic heterocycles. The van der Waals surface area contributed by atoms with Gasteiger partial charge in [-0.05, 0) is 19.1 Å². The molecule has 0 aliphatic carbocycles. The maximum atomic E-state index is 10.9. The predicted molar refractivity (Wildman–Crippen MR) is 81.6 cm³/mol. The number of nitrogens with one attached hydrogen (secondary N) is 1. The summed E-state index contributed by atoms with van der Waals surface area (Å²) in [5.41, 5.74) is 0.628. The number of carboxylic acids is 1. The highest BCUT2D eigenvalue weighted by molar-refractivity contribution is 5.88. The third kappa shape index (κ3) is 2.94. The lowest BCUT2D eigenvalue weighted by molar-refractivity contribution is 0.0696. The molecule has 0 saturated carbocycles. The quantitative estimate of drug-likeness (QED) is 0.628. The van der Waals surface area contributed by atoms with Crippen LogP contribution in [0.25, 0.3) is 16.9 Å². The zero-order valence-electron chi connectivity index (χ0n) is 12.2. The molecule has 0 bridgehead atoms. The van der Waals surface area contributed by atoms with Crippen LogP contribution in [0.4, 0.5) is 5.82 Å². The predicted octanol–water partition coefficient (Wildman–Crippen LogP) is 0.701. The van der Waals surface area contributed by atoms with Crippen molar-refractivity contribution in [3.8, 4) is 5.82 Å². The van der Waals surface area contributed by atoms with Crippen LogP contribution in [0.3, 0.4) is 0 Å². The SMILES string of the molecule is CC(O)CNc1ncnc2c1cnn2-c1ccc(C(=O)O)cn1. The maximum Gasteiger partial charge on any atom is 0.337 e. The lowest BCUT2D eigenvalue weighted by atomic mass is 10.3. The number of carboxylic acid groups (broad SMARTS) is 1. The molecular weight excluding hydrogens is 300 g/mol. The zero-order chi connectivity index (χ0) is 16.4. The maximum absolute atomic E-state index is 10.9. The van der Waals surface area contributed by atoms with Crippen molar-refractivity contribution in [3.05, 3.63) is 36.4 Å². The van der Waals surface area contributed by atoms with Gasteiger partial charge < -0.3 is 15.5 Å². The lowest BCUT2D eigenvalue weighted by Crippen LogP contribution is -2.16. The molecule has 3 N–H and O–H groups in total. The normalized spacial score (nSPS) is 12.3. The number of aromatic carboxylic acids is 1. The van der Waals surface area contributed by atoms with Gasteiger partial charge in [0, 0.05) is 12.7 Å². The molecule has 0 fully saturated rings. The molecule has 0 saturated heterocycles. The van der Waals surface area contributed by atoms with E-state index in [9.17, 15) is 9.90 Å². The van der Waals surface area contributed by atoms with E-state index >= 15 is 0 Å². The monoisotopic (exact) mass is 314 g/mol. The Morgan fingerprint density at radius 2 is 2.13 bits per heavy atom. The molecule has 1 atom stereocenters. The number of hydrogen-bond donors (Lipinski definition) is 3. The van der Waals surface area contributed by atoms with Crippen LogP contribution in [0.1, 0.15) is 17.3 Å². The van der Waals surface area contributed by atoms with Crippen LogP contribution in [0.15, 0.2) is 30.9 Å². The average molecular weight is 314 g/mol. The summed E-state index contributed by atoms with van der Waals surface area (Å²) in [4.78, 5) is 23.3. The van der Waals surface area contributed by atoms with Gasteiger partial charge in [-0.1, -0.05) is 0 Å². The van der Waals surface area contributed by atoms with Crippen molar-refractivity contribution in [1.82, 2.24) is 24.7 Å². The number of aromatic nitrogens is 5. The zero-order valence-corrected chi connectivity index (χ0v) is 12.2. The van der Waals surface area contributed by atoms with Crippen molar-refractivity contribution < 1.29 is 15.0 Å². The van der Waals surface area contributed by atoms with E-state index in [4.69, 9.17) is 5.11 Å². The molecule has 23 heavy (non-hydrogen) atoms. The molecule has 3 aromatic rings. The van der Waals surface area contributed by atoms with Crippen molar-refractivity contribution >= 4 is 22.8 Å². The van der Waals surface area contributed by atoms with Crippen LogP contribution >= 0.6 is 0 Å². The molecular formula is C14H14N6O3. The highest BCUT2D eigenvalue weighted by Crippen LogP contribution is 2.20. The fourth-order valence-electron chi connectivity index (χ4n) is 2.03. The number of aliphatic hydroxyl groups is 1. The summed E-state index contributed by atoms with van der Waals surface area (Å²) in [6.07, 6.45) is 3.72. The van der Waals surface area contributed by atoms with Gasteiger partial charge in [0.15, 0.2) is 11.5 Å². The Kier molecular flexibility index (Phi) is 3.85. The fraction of sp³-hybridized carbons (Fsp3) is 0.214. The van der Waals surface area contributed by atoms with Crippen molar-refractivity contribution in [1.29, 1.82) is 0 Å². The Bertz CT molecular complexity index is 843. The van der Waals surface area contributed by atoms with E-state index in [-0.39, 0.29) is 5.56 Å². The van der Waals surface area contributed by atoms with Crippen molar-refractivity contribution in [2.24, 2.45) is 0 Å². The van der Waals surface area contributed by atoms with Crippen molar-refractivity contribution in [3.63, 3.8) is 0 Å². The largest absolute Gasteiger partial charge is 0.478 e. The molecule has 0 spiro atoms. The Balaban J connectivity index is 1.99. The van der Waals surface area contributed by atoms with E-state index < -0.39 is 12.1 Å². The summed E-state index contributed by atoms with van der Waals surface area (Å²) in [6.45, 7) is 2.02. The number of pyridine rings is 1. The van der Waals surface area contributed by atoms with Gasteiger partial charge in [-0.2, -0.15) is 9.78 Å². The number of rotatable bonds is 5. The van der Waals surface area contributed by atoms with E-state index in [1.54, 1.807) is 19.2 Å². The third-order valence-corrected chi connectivity index (χ3v) is 3.14. The van der Waals surface area contributed by atoms with Gasteiger partial charge in [0.2, 0.25) is 0 Å². The molecule has 3 aromatic heterocycles. The van der Waals surface area contributed by atoms with E-state index in [2.05, 4.69) is 25.4 Å². The van der Waals surface area contributed by atoms with Crippen LogP contribution < -0.4 is 5.32 Å². The molecule has 3 rings (SSSR count). The van der Waals surface area contributed by atoms with Crippen LogP contribution in [-0.2, 0) is 0 Å². The van der Waals surface area contributed by atoms with Gasteiger partial charge in [-0.15, -0.1) is 0 Å². The molecule has 0 amide bonds. The topological polar surface area (TPSA) is 126 Å². The van der Waals surface area contributed by atoms with Crippen LogP contribution in [0, 0.1) is 0 Å². The van der Waals surface area contributed by atoms with Crippen LogP contribution in [0.2, 0.25) is 0 Å². The second kappa shape index (κ2) is 5.97. The first-order chi connectivity index (χ1) is 11.1. The highest BCUT2D eigenvalue weighted by Gasteiger charge is 2.12. The standard InChI is InChI=1S/C14H14N6O3/c1-8(21)4-16-12-10-6-19-20(13(10)18-7-17-12)11-3-2-9(5-15-11)14(22)23/h2-3,5-8,21H,4H2,1H3,(H,22,23)(H,16,17,18). The Morgan fingerprint density at radius 3 is 2.78 bits per heavy atom. The minimum Gasteiger partial charge on any atom is -0.478 e. The first-order valence-corrected chi connectivity index (χ1v) is 6.86. The van der Waals surface area contributed by atoms with Gasteiger partial charge in [-0.25, -0.2) is 19.7 Å². The molecule has 3 heterocycles. The van der Waals surface area contributed by atoms with Gasteiger partial charge in [0.05, 0.1) is 23.3 Å². The number of carbonyl (C=O) groups is 1. The molecule has 9 heteroatoms. The summed E-state index contributed by atoms with van der Waals surface area (Å²) in [7, 11) is 0. The third-order valence-electron chi connectivity index (χ3n) is 3.14. The Morgan fingerprint density at radius 1 is 1.30 bits per heavy atom. The average Bonchev–Trinajstić information content (AvgIpc) is 2.97. The van der Waals surface area contributed by atoms with E-state index in [1.807, 2.05) is 0 Å². The number of fused-ring (bicyclic) bond motifs is 1. The highest BCUT2D eigenvalue weighted by atomic mass is 16.4. The molecule has 0 radical (unpaired) electrons. The first kappa shape index (κ1) is 14.9. The van der Waals surface area contributed by atoms with Gasteiger partial charge >= 0.3 is 5.97 Å². The second-order valence-electron chi connectivity index (χ2n) is 4.96. The van der Waals surface area contributed by atoms with Gasteiger partial charge in [0.25, 0.3) is 0 Å². The lowest BCUT2D eigenvalue weighted by Gasteiger charge is -2.08. The van der Waals surface area contributed by atoms with Crippen molar-refractivity contribution in [2.75, 3.05) is 11.9 Å². The second-order valence-corrected chi connectivity index (χ2v) is 4.96. The van der Waals surface area contributed by atoms with Crippen molar-refractivity contribution in [2.45, 2.75) is 13.0 Å². The number of aliphatic hydroxyl groups excluding tert-OH is 1. The van der Waals surface area contributed by atoms with E-state index in [0.717, 1.165) is 0 Å². The van der Waals surface area contributed by atoms with Crippen LogP contribution in [0.5, 0.6) is 0 Å². The van der Waals surface area contributed by atoms with Gasteiger partial charge in [-0.3, -0.25) is 0 Å². The summed E-state index contributed by atoms with van der Waals surface area (Å²) in [5.74, 6) is -0.0317. The summed E-state index contributed by atoms with van der Waals surface area (Å²) < 4.78 is 1.50. The molecule has 0 aromatic carbocycles.